The zero-order valence-corrected chi connectivity index (χ0v) is 17.9. The lowest BCUT2D eigenvalue weighted by Crippen LogP contribution is -2.61. The number of ketones is 2. The van der Waals surface area contributed by atoms with Gasteiger partial charge in [-0.1, -0.05) is 30.3 Å². The Morgan fingerprint density at radius 2 is 1.50 bits per heavy atom. The Kier molecular flexibility index (Phi) is 5.46. The highest BCUT2D eigenvalue weighted by Gasteiger charge is 2.76. The van der Waals surface area contributed by atoms with E-state index in [2.05, 4.69) is 4.74 Å². The second-order valence-corrected chi connectivity index (χ2v) is 8.31. The van der Waals surface area contributed by atoms with Gasteiger partial charge in [0.15, 0.2) is 5.78 Å². The fraction of sp³-hybridized carbons (Fsp3) is 0.381. The Morgan fingerprint density at radius 3 is 2.06 bits per heavy atom. The number of fused-ring (bicyclic) bond motifs is 5. The van der Waals surface area contributed by atoms with Gasteiger partial charge in [0.2, 0.25) is 17.1 Å². The van der Waals surface area contributed by atoms with E-state index in [9.17, 15) is 50.3 Å². The summed E-state index contributed by atoms with van der Waals surface area (Å²) in [4.78, 5) is 62.6. The summed E-state index contributed by atoms with van der Waals surface area (Å²) in [6.07, 6.45) is -10.2. The first-order chi connectivity index (χ1) is 16.5. The Morgan fingerprint density at radius 1 is 0.944 bits per heavy atom. The molecule has 1 aromatic rings. The SMILES string of the molecule is CC1(OC(=O)C(F)(F)F)C(=O)C2C3C(=O)C=CN(N2C1=O)C3(Cc1ccccc1)OC(=O)C(F)(F)F. The van der Waals surface area contributed by atoms with Crippen LogP contribution in [0.2, 0.25) is 0 Å². The number of hydrazine groups is 1. The van der Waals surface area contributed by atoms with E-state index in [4.69, 9.17) is 4.74 Å². The van der Waals surface area contributed by atoms with Crippen molar-refractivity contribution in [1.29, 1.82) is 0 Å². The fourth-order valence-corrected chi connectivity index (χ4v) is 4.54. The number of carbonyl (C=O) groups excluding carboxylic acids is 5. The number of ether oxygens (including phenoxy) is 2. The number of carbonyl (C=O) groups is 5. The maximum absolute atomic E-state index is 13.2. The molecule has 0 aromatic heterocycles. The largest absolute Gasteiger partial charge is 0.491 e. The third kappa shape index (κ3) is 3.60. The van der Waals surface area contributed by atoms with Crippen LogP contribution in [0.4, 0.5) is 26.3 Å². The van der Waals surface area contributed by atoms with Gasteiger partial charge in [-0.15, -0.1) is 0 Å². The summed E-state index contributed by atoms with van der Waals surface area (Å²) in [7, 11) is 0. The van der Waals surface area contributed by atoms with Crippen LogP contribution in [0.3, 0.4) is 0 Å². The van der Waals surface area contributed by atoms with Gasteiger partial charge < -0.3 is 9.47 Å². The highest BCUT2D eigenvalue weighted by atomic mass is 19.4. The van der Waals surface area contributed by atoms with E-state index >= 15 is 0 Å². The maximum atomic E-state index is 13.2. The second-order valence-electron chi connectivity index (χ2n) is 8.31. The molecule has 4 rings (SSSR count). The van der Waals surface area contributed by atoms with Crippen LogP contribution < -0.4 is 0 Å². The summed E-state index contributed by atoms with van der Waals surface area (Å²) >= 11 is 0. The zero-order valence-electron chi connectivity index (χ0n) is 17.9. The first kappa shape index (κ1) is 25.2. The van der Waals surface area contributed by atoms with Crippen molar-refractivity contribution in [3.8, 4) is 0 Å². The standard InChI is InChI=1S/C21H14F6N2O7/c1-18(35-16(33)20(22,23)24)14(31)13-12-11(30)7-8-28(29(13)15(18)32)19(12,36-17(34)21(25,26)27)9-10-5-3-2-4-6-10/h2-8,12-13H,9H2,1H3. The van der Waals surface area contributed by atoms with E-state index in [1.807, 2.05) is 0 Å². The van der Waals surface area contributed by atoms with Crippen molar-refractivity contribution in [1.82, 2.24) is 10.0 Å². The molecule has 3 aliphatic heterocycles. The van der Waals surface area contributed by atoms with Crippen LogP contribution in [0.15, 0.2) is 42.6 Å². The number of alkyl halides is 6. The molecule has 0 aliphatic carbocycles. The number of rotatable bonds is 4. The van der Waals surface area contributed by atoms with Crippen LogP contribution in [-0.2, 0) is 39.9 Å². The normalized spacial score (nSPS) is 29.5. The Bertz CT molecular complexity index is 1200. The smallest absolute Gasteiger partial charge is 0.434 e. The van der Waals surface area contributed by atoms with Crippen molar-refractivity contribution in [2.24, 2.45) is 5.92 Å². The number of hydrogen-bond acceptors (Lipinski definition) is 8. The zero-order chi connectivity index (χ0) is 26.8. The van der Waals surface area contributed by atoms with Gasteiger partial charge in [0.05, 0.1) is 0 Å². The van der Waals surface area contributed by atoms with Gasteiger partial charge in [-0.2, -0.15) is 26.3 Å². The van der Waals surface area contributed by atoms with E-state index < -0.39 is 71.5 Å². The molecule has 0 N–H and O–H groups in total. The lowest BCUT2D eigenvalue weighted by Gasteiger charge is -2.43. The molecule has 15 heteroatoms. The predicted molar refractivity (Wildman–Crippen MR) is 101 cm³/mol. The van der Waals surface area contributed by atoms with Crippen molar-refractivity contribution < 1.29 is 59.8 Å². The summed E-state index contributed by atoms with van der Waals surface area (Å²) in [6, 6.07) is 5.32. The van der Waals surface area contributed by atoms with Gasteiger partial charge in [-0.05, 0) is 18.6 Å². The van der Waals surface area contributed by atoms with E-state index in [-0.39, 0.29) is 5.56 Å². The van der Waals surface area contributed by atoms with Crippen molar-refractivity contribution in [3.05, 3.63) is 48.2 Å². The predicted octanol–water partition coefficient (Wildman–Crippen LogP) is 1.62. The fourth-order valence-electron chi connectivity index (χ4n) is 4.54. The minimum Gasteiger partial charge on any atom is -0.434 e. The quantitative estimate of drug-likeness (QED) is 0.335. The third-order valence-corrected chi connectivity index (χ3v) is 6.06. The van der Waals surface area contributed by atoms with Crippen molar-refractivity contribution in [3.63, 3.8) is 0 Å². The van der Waals surface area contributed by atoms with E-state index in [0.29, 0.717) is 16.9 Å². The van der Waals surface area contributed by atoms with Gasteiger partial charge >= 0.3 is 24.3 Å². The molecule has 2 saturated heterocycles. The number of esters is 2. The summed E-state index contributed by atoms with van der Waals surface area (Å²) in [5, 5.41) is 0.984. The number of Topliss-reactive ketones (excluding diaryl/α,β-unsaturated/α-hetero) is 1. The maximum Gasteiger partial charge on any atom is 0.491 e. The molecule has 2 fully saturated rings. The van der Waals surface area contributed by atoms with Crippen LogP contribution in [0, 0.1) is 5.92 Å². The summed E-state index contributed by atoms with van der Waals surface area (Å²) in [5.74, 6) is -11.7. The molecule has 0 radical (unpaired) electrons. The molecular weight excluding hydrogens is 506 g/mol. The minimum absolute atomic E-state index is 0.234. The van der Waals surface area contributed by atoms with Gasteiger partial charge in [0.1, 0.15) is 12.0 Å². The third-order valence-electron chi connectivity index (χ3n) is 6.06. The van der Waals surface area contributed by atoms with Crippen LogP contribution >= 0.6 is 0 Å². The molecule has 4 atom stereocenters. The van der Waals surface area contributed by atoms with E-state index in [1.165, 1.54) is 24.3 Å². The van der Waals surface area contributed by atoms with Crippen molar-refractivity contribution in [2.45, 2.75) is 43.1 Å². The molecule has 4 unspecified atom stereocenters. The number of benzene rings is 1. The lowest BCUT2D eigenvalue weighted by molar-refractivity contribution is -0.241. The number of nitrogens with zero attached hydrogens (tertiary/aromatic N) is 2. The summed E-state index contributed by atoms with van der Waals surface area (Å²) in [5.41, 5.74) is -5.41. The molecule has 1 aromatic carbocycles. The number of allylic oxidation sites excluding steroid dienone is 1. The molecule has 0 saturated carbocycles. The molecule has 36 heavy (non-hydrogen) atoms. The number of amides is 1. The highest BCUT2D eigenvalue weighted by molar-refractivity contribution is 6.20. The Balaban J connectivity index is 1.83. The second kappa shape index (κ2) is 7.80. The van der Waals surface area contributed by atoms with Crippen LogP contribution in [0.25, 0.3) is 0 Å². The highest BCUT2D eigenvalue weighted by Crippen LogP contribution is 2.52. The Labute approximate surface area is 197 Å². The molecule has 9 nitrogen and oxygen atoms in total. The molecule has 2 bridgehead atoms. The minimum atomic E-state index is -5.58. The van der Waals surface area contributed by atoms with Gasteiger partial charge in [-0.3, -0.25) is 14.4 Å². The van der Waals surface area contributed by atoms with Gasteiger partial charge in [0, 0.05) is 12.6 Å². The van der Waals surface area contributed by atoms with Crippen molar-refractivity contribution in [2.75, 3.05) is 0 Å². The average Bonchev–Trinajstić information content (AvgIpc) is 3.04. The monoisotopic (exact) mass is 520 g/mol. The first-order valence-electron chi connectivity index (χ1n) is 10.1. The molecule has 1 amide bonds. The van der Waals surface area contributed by atoms with Gasteiger partial charge in [0.25, 0.3) is 5.91 Å². The molecule has 3 aliphatic rings. The van der Waals surface area contributed by atoms with Gasteiger partial charge in [-0.25, -0.2) is 19.6 Å². The lowest BCUT2D eigenvalue weighted by atomic mass is 9.78. The van der Waals surface area contributed by atoms with Crippen LogP contribution in [-0.4, -0.2) is 69.2 Å². The number of halogens is 6. The molecule has 192 valence electrons. The Hall–Kier alpha value is -3.91. The molecule has 3 heterocycles. The van der Waals surface area contributed by atoms with E-state index in [1.54, 1.807) is 6.07 Å². The number of hydrogen-bond donors (Lipinski definition) is 0. The van der Waals surface area contributed by atoms with Crippen LogP contribution in [0.1, 0.15) is 12.5 Å². The molecular formula is C21H14F6N2O7. The van der Waals surface area contributed by atoms with E-state index in [0.717, 1.165) is 12.3 Å². The van der Waals surface area contributed by atoms with Crippen LogP contribution in [0.5, 0.6) is 0 Å². The van der Waals surface area contributed by atoms with Crippen molar-refractivity contribution >= 4 is 29.4 Å². The average molecular weight is 520 g/mol. The summed E-state index contributed by atoms with van der Waals surface area (Å²) in [6.45, 7) is 0.575. The first-order valence-corrected chi connectivity index (χ1v) is 10.1. The molecule has 0 spiro atoms. The topological polar surface area (TPSA) is 110 Å². The summed E-state index contributed by atoms with van der Waals surface area (Å²) < 4.78 is 86.9.